The fourth-order valence-electron chi connectivity index (χ4n) is 2.86. The van der Waals surface area contributed by atoms with E-state index in [4.69, 9.17) is 0 Å². The first-order valence-electron chi connectivity index (χ1n) is 8.15. The topological polar surface area (TPSA) is 79.8 Å². The fourth-order valence-corrected chi connectivity index (χ4v) is 3.75. The van der Waals surface area contributed by atoms with Crippen molar-refractivity contribution in [3.63, 3.8) is 0 Å². The normalized spacial score (nSPS) is 23.2. The minimum Gasteiger partial charge on any atom is -0.352 e. The van der Waals surface area contributed by atoms with E-state index < -0.39 is 0 Å². The molecule has 1 aromatic heterocycles. The largest absolute Gasteiger partial charge is 0.352 e. The lowest BCUT2D eigenvalue weighted by Gasteiger charge is -2.30. The number of aromatic amines is 1. The molecule has 2 rings (SSSR count). The zero-order valence-electron chi connectivity index (χ0n) is 13.6. The molecule has 0 unspecified atom stereocenters. The van der Waals surface area contributed by atoms with E-state index in [0.29, 0.717) is 17.6 Å². The number of rotatable bonds is 6. The molecule has 1 saturated carbocycles. The molecule has 124 valence electrons. The fraction of sp³-hybridized carbons (Fsp3) is 0.800. The third kappa shape index (κ3) is 4.15. The van der Waals surface area contributed by atoms with E-state index in [-0.39, 0.29) is 22.9 Å². The van der Waals surface area contributed by atoms with E-state index in [2.05, 4.69) is 22.4 Å². The van der Waals surface area contributed by atoms with Crippen LogP contribution in [0.3, 0.4) is 0 Å². The van der Waals surface area contributed by atoms with Crippen LogP contribution in [0.15, 0.2) is 9.95 Å². The first-order chi connectivity index (χ1) is 10.5. The third-order valence-electron chi connectivity index (χ3n) is 4.26. The van der Waals surface area contributed by atoms with Gasteiger partial charge in [0.25, 0.3) is 0 Å². The molecule has 22 heavy (non-hydrogen) atoms. The molecule has 1 heterocycles. The van der Waals surface area contributed by atoms with Crippen molar-refractivity contribution >= 4 is 17.7 Å². The van der Waals surface area contributed by atoms with Gasteiger partial charge in [-0.25, -0.2) is 9.89 Å². The summed E-state index contributed by atoms with van der Waals surface area (Å²) in [6.07, 6.45) is 5.54. The zero-order valence-corrected chi connectivity index (χ0v) is 14.4. The summed E-state index contributed by atoms with van der Waals surface area (Å²) >= 11 is 1.34. The molecule has 1 fully saturated rings. The molecular weight excluding hydrogens is 300 g/mol. The summed E-state index contributed by atoms with van der Waals surface area (Å²) in [7, 11) is 0. The number of thioether (sulfide) groups is 1. The highest BCUT2D eigenvalue weighted by Gasteiger charge is 2.26. The molecule has 1 aliphatic rings. The zero-order chi connectivity index (χ0) is 16.1. The lowest BCUT2D eigenvalue weighted by molar-refractivity contribution is -0.121. The highest BCUT2D eigenvalue weighted by atomic mass is 32.2. The molecule has 1 amide bonds. The second-order valence-electron chi connectivity index (χ2n) is 6.10. The summed E-state index contributed by atoms with van der Waals surface area (Å²) in [5, 5.41) is 9.97. The summed E-state index contributed by atoms with van der Waals surface area (Å²) in [6.45, 7) is 6.69. The van der Waals surface area contributed by atoms with Gasteiger partial charge < -0.3 is 5.32 Å². The Bertz CT molecular complexity index is 554. The lowest BCUT2D eigenvalue weighted by Crippen LogP contribution is -2.44. The van der Waals surface area contributed by atoms with Gasteiger partial charge in [-0.3, -0.25) is 9.36 Å². The van der Waals surface area contributed by atoms with Crippen molar-refractivity contribution < 1.29 is 4.79 Å². The number of hydrogen-bond donors (Lipinski definition) is 2. The number of H-pyrrole nitrogens is 1. The van der Waals surface area contributed by atoms with Gasteiger partial charge in [-0.2, -0.15) is 0 Å². The van der Waals surface area contributed by atoms with Crippen LogP contribution in [-0.4, -0.2) is 32.0 Å². The van der Waals surface area contributed by atoms with Crippen LogP contribution in [0.1, 0.15) is 52.9 Å². The SMILES string of the molecule is CCCn1c(S[C@H](C)C(=O)N[C@H]2CCCC[C@@H]2C)n[nH]c1=O. The predicted octanol–water partition coefficient (Wildman–Crippen LogP) is 2.16. The summed E-state index contributed by atoms with van der Waals surface area (Å²) < 4.78 is 1.59. The highest BCUT2D eigenvalue weighted by molar-refractivity contribution is 8.00. The van der Waals surface area contributed by atoms with Crippen LogP contribution in [0.5, 0.6) is 0 Å². The Morgan fingerprint density at radius 3 is 2.91 bits per heavy atom. The van der Waals surface area contributed by atoms with Crippen molar-refractivity contribution in [3.8, 4) is 0 Å². The average Bonchev–Trinajstić information content (AvgIpc) is 2.83. The van der Waals surface area contributed by atoms with E-state index in [9.17, 15) is 9.59 Å². The van der Waals surface area contributed by atoms with Crippen molar-refractivity contribution in [3.05, 3.63) is 10.5 Å². The van der Waals surface area contributed by atoms with Crippen molar-refractivity contribution in [1.82, 2.24) is 20.1 Å². The van der Waals surface area contributed by atoms with E-state index in [1.807, 2.05) is 13.8 Å². The maximum absolute atomic E-state index is 12.4. The van der Waals surface area contributed by atoms with Crippen LogP contribution >= 0.6 is 11.8 Å². The van der Waals surface area contributed by atoms with Crippen LogP contribution in [-0.2, 0) is 11.3 Å². The number of amides is 1. The second-order valence-corrected chi connectivity index (χ2v) is 7.41. The third-order valence-corrected chi connectivity index (χ3v) is 5.35. The monoisotopic (exact) mass is 326 g/mol. The highest BCUT2D eigenvalue weighted by Crippen LogP contribution is 2.25. The maximum Gasteiger partial charge on any atom is 0.343 e. The molecule has 0 spiro atoms. The Hall–Kier alpha value is -1.24. The first-order valence-corrected chi connectivity index (χ1v) is 9.03. The Morgan fingerprint density at radius 1 is 1.50 bits per heavy atom. The predicted molar refractivity (Wildman–Crippen MR) is 88.0 cm³/mol. The quantitative estimate of drug-likeness (QED) is 0.785. The van der Waals surface area contributed by atoms with E-state index >= 15 is 0 Å². The number of nitrogens with one attached hydrogen (secondary N) is 2. The number of carbonyl (C=O) groups excluding carboxylic acids is 1. The Balaban J connectivity index is 1.95. The van der Waals surface area contributed by atoms with E-state index in [0.717, 1.165) is 12.8 Å². The van der Waals surface area contributed by atoms with Crippen molar-refractivity contribution in [2.75, 3.05) is 0 Å². The van der Waals surface area contributed by atoms with Crippen molar-refractivity contribution in [2.24, 2.45) is 5.92 Å². The van der Waals surface area contributed by atoms with Gasteiger partial charge in [0.2, 0.25) is 5.91 Å². The van der Waals surface area contributed by atoms with Gasteiger partial charge in [-0.05, 0) is 32.1 Å². The molecule has 0 aromatic carbocycles. The van der Waals surface area contributed by atoms with Crippen LogP contribution < -0.4 is 11.0 Å². The minimum atomic E-state index is -0.264. The van der Waals surface area contributed by atoms with Gasteiger partial charge in [-0.15, -0.1) is 5.10 Å². The molecule has 3 atom stereocenters. The lowest BCUT2D eigenvalue weighted by atomic mass is 9.86. The smallest absolute Gasteiger partial charge is 0.343 e. The van der Waals surface area contributed by atoms with E-state index in [1.165, 1.54) is 31.0 Å². The molecule has 0 radical (unpaired) electrons. The molecule has 2 N–H and O–H groups in total. The van der Waals surface area contributed by atoms with Crippen LogP contribution in [0.25, 0.3) is 0 Å². The molecule has 1 aliphatic carbocycles. The number of aromatic nitrogens is 3. The van der Waals surface area contributed by atoms with E-state index in [1.54, 1.807) is 4.57 Å². The van der Waals surface area contributed by atoms with Crippen LogP contribution in [0.2, 0.25) is 0 Å². The van der Waals surface area contributed by atoms with Gasteiger partial charge in [0.05, 0.1) is 5.25 Å². The molecule has 6 nitrogen and oxygen atoms in total. The summed E-state index contributed by atoms with van der Waals surface area (Å²) in [5.41, 5.74) is -0.210. The molecule has 0 bridgehead atoms. The van der Waals surface area contributed by atoms with Gasteiger partial charge in [-0.1, -0.05) is 38.5 Å². The summed E-state index contributed by atoms with van der Waals surface area (Å²) in [5.74, 6) is 0.570. The Kier molecular flexibility index (Phi) is 6.11. The first kappa shape index (κ1) is 17.1. The molecule has 0 aliphatic heterocycles. The van der Waals surface area contributed by atoms with Gasteiger partial charge in [0, 0.05) is 12.6 Å². The molecular formula is C15H26N4O2S. The van der Waals surface area contributed by atoms with Crippen LogP contribution in [0.4, 0.5) is 0 Å². The second kappa shape index (κ2) is 7.85. The molecule has 7 heteroatoms. The van der Waals surface area contributed by atoms with Crippen molar-refractivity contribution in [1.29, 1.82) is 0 Å². The number of nitrogens with zero attached hydrogens (tertiary/aromatic N) is 2. The number of carbonyl (C=O) groups is 1. The Morgan fingerprint density at radius 2 is 2.23 bits per heavy atom. The Labute approximate surface area is 135 Å². The average molecular weight is 326 g/mol. The molecule has 1 aromatic rings. The van der Waals surface area contributed by atoms with Crippen LogP contribution in [0, 0.1) is 5.92 Å². The van der Waals surface area contributed by atoms with Gasteiger partial charge in [0.15, 0.2) is 5.16 Å². The summed E-state index contributed by atoms with van der Waals surface area (Å²) in [4.78, 5) is 24.1. The molecule has 0 saturated heterocycles. The maximum atomic E-state index is 12.4. The number of hydrogen-bond acceptors (Lipinski definition) is 4. The van der Waals surface area contributed by atoms with Gasteiger partial charge >= 0.3 is 5.69 Å². The minimum absolute atomic E-state index is 0.0299. The standard InChI is InChI=1S/C15H26N4O2S/c1-4-9-19-14(21)17-18-15(19)22-11(3)13(20)16-12-8-6-5-7-10(12)2/h10-12H,4-9H2,1-3H3,(H,16,20)(H,17,21)/t10-,11+,12-/m0/s1. The van der Waals surface area contributed by atoms with Crippen molar-refractivity contribution in [2.45, 2.75) is 75.9 Å². The van der Waals surface area contributed by atoms with Gasteiger partial charge in [0.1, 0.15) is 0 Å². The summed E-state index contributed by atoms with van der Waals surface area (Å²) in [6, 6.07) is 0.279.